The SMILES string of the molecule is CCN(CC)c1ccc(NC(=O)CCSCc2nc3sc4c(c3c(=O)[nH]2)CCCC4)cc1. The van der Waals surface area contributed by atoms with Crippen molar-refractivity contribution >= 4 is 50.6 Å². The van der Waals surface area contributed by atoms with Crippen LogP contribution >= 0.6 is 23.1 Å². The lowest BCUT2D eigenvalue weighted by atomic mass is 9.97. The Labute approximate surface area is 196 Å². The number of hydrogen-bond donors (Lipinski definition) is 2. The maximum Gasteiger partial charge on any atom is 0.259 e. The quantitative estimate of drug-likeness (QED) is 0.432. The average molecular weight is 471 g/mol. The van der Waals surface area contributed by atoms with Crippen molar-refractivity contribution in [3.63, 3.8) is 0 Å². The van der Waals surface area contributed by atoms with Crippen molar-refractivity contribution in [3.05, 3.63) is 50.9 Å². The highest BCUT2D eigenvalue weighted by atomic mass is 32.2. The van der Waals surface area contributed by atoms with Gasteiger partial charge in [-0.3, -0.25) is 9.59 Å². The van der Waals surface area contributed by atoms with Crippen LogP contribution in [0.25, 0.3) is 10.2 Å². The van der Waals surface area contributed by atoms with Gasteiger partial charge in [0.25, 0.3) is 5.56 Å². The Morgan fingerprint density at radius 3 is 2.69 bits per heavy atom. The molecule has 3 aromatic rings. The summed E-state index contributed by atoms with van der Waals surface area (Å²) in [4.78, 5) is 37.0. The Bertz CT molecular complexity index is 1130. The van der Waals surface area contributed by atoms with Crippen LogP contribution in [0.3, 0.4) is 0 Å². The van der Waals surface area contributed by atoms with Crippen molar-refractivity contribution in [1.29, 1.82) is 0 Å². The maximum atomic E-state index is 12.6. The number of thioether (sulfide) groups is 1. The van der Waals surface area contributed by atoms with E-state index < -0.39 is 0 Å². The third kappa shape index (κ3) is 5.18. The van der Waals surface area contributed by atoms with Crippen molar-refractivity contribution in [2.45, 2.75) is 51.7 Å². The van der Waals surface area contributed by atoms with Gasteiger partial charge < -0.3 is 15.2 Å². The summed E-state index contributed by atoms with van der Waals surface area (Å²) in [5, 5.41) is 3.76. The molecule has 0 saturated heterocycles. The molecule has 0 radical (unpaired) electrons. The number of anilines is 2. The zero-order valence-corrected chi connectivity index (χ0v) is 20.3. The maximum absolute atomic E-state index is 12.6. The number of carbonyl (C=O) groups is 1. The number of nitrogens with zero attached hydrogens (tertiary/aromatic N) is 2. The minimum absolute atomic E-state index is 0.00377. The van der Waals surface area contributed by atoms with Gasteiger partial charge in [-0.1, -0.05) is 0 Å². The zero-order chi connectivity index (χ0) is 22.5. The molecule has 0 fully saturated rings. The smallest absolute Gasteiger partial charge is 0.259 e. The van der Waals surface area contributed by atoms with Gasteiger partial charge in [0.05, 0.1) is 11.1 Å². The summed E-state index contributed by atoms with van der Waals surface area (Å²) in [5.74, 6) is 1.96. The van der Waals surface area contributed by atoms with Gasteiger partial charge in [-0.05, 0) is 69.4 Å². The molecule has 0 spiro atoms. The van der Waals surface area contributed by atoms with Crippen LogP contribution in [0.1, 0.15) is 49.4 Å². The number of hydrogen-bond acceptors (Lipinski definition) is 6. The fraction of sp³-hybridized carbons (Fsp3) is 0.458. The highest BCUT2D eigenvalue weighted by molar-refractivity contribution is 7.98. The van der Waals surface area contributed by atoms with Crippen LogP contribution in [-0.2, 0) is 23.4 Å². The first-order valence-electron chi connectivity index (χ1n) is 11.3. The van der Waals surface area contributed by atoms with Gasteiger partial charge in [0.15, 0.2) is 0 Å². The number of aromatic amines is 1. The lowest BCUT2D eigenvalue weighted by Crippen LogP contribution is -2.21. The first-order chi connectivity index (χ1) is 15.6. The number of carbonyl (C=O) groups excluding carboxylic acids is 1. The van der Waals surface area contributed by atoms with Gasteiger partial charge in [0, 0.05) is 41.5 Å². The lowest BCUT2D eigenvalue weighted by molar-refractivity contribution is -0.115. The van der Waals surface area contributed by atoms with Gasteiger partial charge in [-0.15, -0.1) is 11.3 Å². The Morgan fingerprint density at radius 1 is 1.19 bits per heavy atom. The number of rotatable bonds is 9. The molecule has 0 atom stereocenters. The fourth-order valence-electron chi connectivity index (χ4n) is 4.18. The number of fused-ring (bicyclic) bond motifs is 3. The number of benzene rings is 1. The van der Waals surface area contributed by atoms with E-state index in [1.54, 1.807) is 23.1 Å². The number of nitrogens with one attached hydrogen (secondary N) is 2. The molecule has 2 heterocycles. The van der Waals surface area contributed by atoms with Gasteiger partial charge in [0.2, 0.25) is 5.91 Å². The first kappa shape index (κ1) is 22.9. The molecule has 0 unspecified atom stereocenters. The predicted octanol–water partition coefficient (Wildman–Crippen LogP) is 4.97. The number of aromatic nitrogens is 2. The molecule has 4 rings (SSSR count). The Morgan fingerprint density at radius 2 is 1.94 bits per heavy atom. The summed E-state index contributed by atoms with van der Waals surface area (Å²) in [7, 11) is 0. The summed E-state index contributed by atoms with van der Waals surface area (Å²) in [6.07, 6.45) is 4.82. The van der Waals surface area contributed by atoms with Crippen molar-refractivity contribution in [3.8, 4) is 0 Å². The number of aryl methyl sites for hydroxylation is 2. The average Bonchev–Trinajstić information content (AvgIpc) is 3.17. The van der Waals surface area contributed by atoms with E-state index in [0.717, 1.165) is 53.9 Å². The molecule has 0 saturated carbocycles. The Balaban J connectivity index is 1.27. The second-order valence-electron chi connectivity index (χ2n) is 7.97. The molecule has 170 valence electrons. The van der Waals surface area contributed by atoms with Crippen LogP contribution in [0.5, 0.6) is 0 Å². The molecule has 8 heteroatoms. The van der Waals surface area contributed by atoms with Crippen LogP contribution in [0.15, 0.2) is 29.1 Å². The minimum atomic E-state index is -0.0177. The number of thiophene rings is 1. The van der Waals surface area contributed by atoms with Gasteiger partial charge in [0.1, 0.15) is 10.7 Å². The first-order valence-corrected chi connectivity index (χ1v) is 13.3. The molecule has 6 nitrogen and oxygen atoms in total. The van der Waals surface area contributed by atoms with Crippen LogP contribution in [-0.4, -0.2) is 34.7 Å². The summed E-state index contributed by atoms with van der Waals surface area (Å²) >= 11 is 3.29. The van der Waals surface area contributed by atoms with Crippen LogP contribution in [0.2, 0.25) is 0 Å². The normalized spacial score (nSPS) is 13.2. The molecule has 1 aliphatic rings. The fourth-order valence-corrected chi connectivity index (χ4v) is 6.26. The summed E-state index contributed by atoms with van der Waals surface area (Å²) in [6.45, 7) is 6.18. The van der Waals surface area contributed by atoms with E-state index in [9.17, 15) is 9.59 Å². The topological polar surface area (TPSA) is 78.1 Å². The van der Waals surface area contributed by atoms with Crippen molar-refractivity contribution in [2.75, 3.05) is 29.1 Å². The molecular weight excluding hydrogens is 440 g/mol. The highest BCUT2D eigenvalue weighted by Crippen LogP contribution is 2.33. The van der Waals surface area contributed by atoms with E-state index in [4.69, 9.17) is 4.98 Å². The lowest BCUT2D eigenvalue weighted by Gasteiger charge is -2.21. The second kappa shape index (κ2) is 10.5. The zero-order valence-electron chi connectivity index (χ0n) is 18.7. The van der Waals surface area contributed by atoms with Crippen molar-refractivity contribution in [1.82, 2.24) is 9.97 Å². The third-order valence-electron chi connectivity index (χ3n) is 5.87. The van der Waals surface area contributed by atoms with E-state index in [1.165, 1.54) is 16.9 Å². The summed E-state index contributed by atoms with van der Waals surface area (Å²) < 4.78 is 0. The largest absolute Gasteiger partial charge is 0.372 e. The minimum Gasteiger partial charge on any atom is -0.372 e. The van der Waals surface area contributed by atoms with Crippen LogP contribution in [0.4, 0.5) is 11.4 Å². The monoisotopic (exact) mass is 470 g/mol. The van der Waals surface area contributed by atoms with Crippen molar-refractivity contribution < 1.29 is 4.79 Å². The third-order valence-corrected chi connectivity index (χ3v) is 8.02. The van der Waals surface area contributed by atoms with Gasteiger partial charge in [-0.25, -0.2) is 4.98 Å². The molecule has 0 bridgehead atoms. The summed E-state index contributed by atoms with van der Waals surface area (Å²) in [5.41, 5.74) is 3.17. The van der Waals surface area contributed by atoms with Crippen LogP contribution in [0, 0.1) is 0 Å². The van der Waals surface area contributed by atoms with E-state index in [1.807, 2.05) is 24.3 Å². The predicted molar refractivity (Wildman–Crippen MR) is 136 cm³/mol. The number of H-pyrrole nitrogens is 1. The molecule has 1 aromatic carbocycles. The Hall–Kier alpha value is -2.32. The molecule has 2 aromatic heterocycles. The van der Waals surface area contributed by atoms with E-state index in [0.29, 0.717) is 23.8 Å². The van der Waals surface area contributed by atoms with E-state index in [-0.39, 0.29) is 11.5 Å². The highest BCUT2D eigenvalue weighted by Gasteiger charge is 2.19. The van der Waals surface area contributed by atoms with E-state index in [2.05, 4.69) is 29.0 Å². The molecule has 32 heavy (non-hydrogen) atoms. The van der Waals surface area contributed by atoms with Crippen molar-refractivity contribution in [2.24, 2.45) is 0 Å². The molecule has 0 aliphatic heterocycles. The Kier molecular flexibility index (Phi) is 7.52. The standard InChI is InChI=1S/C24H30N4O2S2/c1-3-28(4-2)17-11-9-16(10-12-17)25-21(29)13-14-31-15-20-26-23(30)22-18-7-5-6-8-19(18)32-24(22)27-20/h9-12H,3-8,13-15H2,1-2H3,(H,25,29)(H,26,27,30). The number of amides is 1. The molecule has 1 aliphatic carbocycles. The van der Waals surface area contributed by atoms with E-state index >= 15 is 0 Å². The van der Waals surface area contributed by atoms with Gasteiger partial charge >= 0.3 is 0 Å². The molecule has 2 N–H and O–H groups in total. The summed E-state index contributed by atoms with van der Waals surface area (Å²) in [6, 6.07) is 7.97. The molecular formula is C24H30N4O2S2. The second-order valence-corrected chi connectivity index (χ2v) is 10.2. The van der Waals surface area contributed by atoms with Crippen LogP contribution < -0.4 is 15.8 Å². The van der Waals surface area contributed by atoms with Gasteiger partial charge in [-0.2, -0.15) is 11.8 Å². The molecule has 1 amide bonds.